The Morgan fingerprint density at radius 3 is 2.64 bits per heavy atom. The molecular weight excluding hydrogens is 312 g/mol. The van der Waals surface area contributed by atoms with Crippen molar-refractivity contribution in [2.24, 2.45) is 0 Å². The smallest absolute Gasteiger partial charge is 0.140 e. The maximum Gasteiger partial charge on any atom is 0.140 e. The summed E-state index contributed by atoms with van der Waals surface area (Å²) in [6, 6.07) is 16.2. The van der Waals surface area contributed by atoms with Gasteiger partial charge >= 0.3 is 0 Å². The summed E-state index contributed by atoms with van der Waals surface area (Å²) in [5.41, 5.74) is 2.15. The Hall–Kier alpha value is -2.24. The lowest BCUT2D eigenvalue weighted by Gasteiger charge is -2.04. The van der Waals surface area contributed by atoms with Crippen LogP contribution in [0, 0.1) is 0 Å². The van der Waals surface area contributed by atoms with Crippen molar-refractivity contribution in [3.8, 4) is 16.3 Å². The first kappa shape index (κ1) is 13.4. The number of benzene rings is 2. The molecule has 0 bridgehead atoms. The van der Waals surface area contributed by atoms with Crippen molar-refractivity contribution in [3.63, 3.8) is 0 Å². The van der Waals surface area contributed by atoms with Crippen molar-refractivity contribution in [1.82, 2.24) is 9.97 Å². The predicted molar refractivity (Wildman–Crippen MR) is 91.5 cm³/mol. The van der Waals surface area contributed by atoms with E-state index < -0.39 is 0 Å². The Morgan fingerprint density at radius 1 is 1.00 bits per heavy atom. The van der Waals surface area contributed by atoms with Crippen LogP contribution in [-0.4, -0.2) is 9.97 Å². The van der Waals surface area contributed by atoms with Crippen LogP contribution in [0.2, 0.25) is 0 Å². The molecule has 0 N–H and O–H groups in total. The number of hydrogen-bond acceptors (Lipinski definition) is 5. The third-order valence-corrected chi connectivity index (χ3v) is 5.07. The predicted octanol–water partition coefficient (Wildman–Crippen LogP) is 5.00. The summed E-state index contributed by atoms with van der Waals surface area (Å²) in [5.74, 6) is 0.847. The molecule has 0 aliphatic rings. The summed E-state index contributed by atoms with van der Waals surface area (Å²) in [6.07, 6.45) is 1.82. The molecule has 0 radical (unpaired) electrons. The molecule has 4 aromatic rings. The maximum atomic E-state index is 5.82. The molecule has 0 spiro atoms. The molecule has 0 aliphatic heterocycles. The molecule has 0 aliphatic carbocycles. The average Bonchev–Trinajstić information content (AvgIpc) is 3.22. The molecule has 2 aromatic carbocycles. The van der Waals surface area contributed by atoms with E-state index in [0.29, 0.717) is 6.61 Å². The van der Waals surface area contributed by atoms with E-state index in [9.17, 15) is 0 Å². The fourth-order valence-corrected chi connectivity index (χ4v) is 3.71. The molecule has 2 heterocycles. The number of rotatable bonds is 4. The molecule has 4 rings (SSSR count). The van der Waals surface area contributed by atoms with E-state index in [2.05, 4.69) is 16.0 Å². The van der Waals surface area contributed by atoms with Gasteiger partial charge in [0.25, 0.3) is 0 Å². The lowest BCUT2D eigenvalue weighted by atomic mass is 10.2. The number of thiazole rings is 2. The second kappa shape index (κ2) is 5.87. The Kier molecular flexibility index (Phi) is 3.58. The monoisotopic (exact) mass is 324 g/mol. The molecule has 5 heteroatoms. The van der Waals surface area contributed by atoms with E-state index in [4.69, 9.17) is 4.74 Å². The molecule has 22 heavy (non-hydrogen) atoms. The Labute approximate surface area is 135 Å². The van der Waals surface area contributed by atoms with Crippen LogP contribution in [0.1, 0.15) is 5.01 Å². The number of fused-ring (bicyclic) bond motifs is 1. The maximum absolute atomic E-state index is 5.82. The highest BCUT2D eigenvalue weighted by atomic mass is 32.1. The van der Waals surface area contributed by atoms with Gasteiger partial charge in [-0.25, -0.2) is 9.97 Å². The van der Waals surface area contributed by atoms with Gasteiger partial charge in [-0.2, -0.15) is 0 Å². The van der Waals surface area contributed by atoms with Gasteiger partial charge in [0.2, 0.25) is 0 Å². The van der Waals surface area contributed by atoms with Crippen molar-refractivity contribution in [1.29, 1.82) is 0 Å². The number of nitrogens with zero attached hydrogens (tertiary/aromatic N) is 2. The van der Waals surface area contributed by atoms with Gasteiger partial charge in [0.05, 0.1) is 10.2 Å². The molecule has 2 aromatic heterocycles. The zero-order valence-electron chi connectivity index (χ0n) is 11.6. The zero-order valence-corrected chi connectivity index (χ0v) is 13.2. The number of aromatic nitrogens is 2. The van der Waals surface area contributed by atoms with E-state index in [-0.39, 0.29) is 0 Å². The largest absolute Gasteiger partial charge is 0.486 e. The van der Waals surface area contributed by atoms with Crippen LogP contribution in [0.15, 0.2) is 60.1 Å². The second-order valence-electron chi connectivity index (χ2n) is 4.73. The number of ether oxygens (including phenoxy) is 1. The fourth-order valence-electron chi connectivity index (χ4n) is 2.19. The summed E-state index contributed by atoms with van der Waals surface area (Å²) >= 11 is 3.31. The molecule has 0 saturated carbocycles. The van der Waals surface area contributed by atoms with Crippen molar-refractivity contribution < 1.29 is 4.74 Å². The van der Waals surface area contributed by atoms with E-state index >= 15 is 0 Å². The number of hydrogen-bond donors (Lipinski definition) is 0. The lowest BCUT2D eigenvalue weighted by molar-refractivity contribution is 0.306. The summed E-state index contributed by atoms with van der Waals surface area (Å²) in [4.78, 5) is 8.87. The summed E-state index contributed by atoms with van der Waals surface area (Å²) in [7, 11) is 0. The molecule has 0 saturated heterocycles. The first-order valence-corrected chi connectivity index (χ1v) is 8.55. The van der Waals surface area contributed by atoms with Gasteiger partial charge in [0, 0.05) is 17.1 Å². The van der Waals surface area contributed by atoms with Crippen molar-refractivity contribution in [2.45, 2.75) is 6.61 Å². The van der Waals surface area contributed by atoms with Crippen molar-refractivity contribution in [3.05, 3.63) is 65.1 Å². The summed E-state index contributed by atoms with van der Waals surface area (Å²) < 4.78 is 7.02. The van der Waals surface area contributed by atoms with Gasteiger partial charge in [0.1, 0.15) is 22.4 Å². The van der Waals surface area contributed by atoms with E-state index in [0.717, 1.165) is 26.8 Å². The van der Waals surface area contributed by atoms with Gasteiger partial charge in [-0.15, -0.1) is 22.7 Å². The van der Waals surface area contributed by atoms with E-state index in [1.54, 1.807) is 22.7 Å². The topological polar surface area (TPSA) is 35.0 Å². The summed E-state index contributed by atoms with van der Waals surface area (Å²) in [6.45, 7) is 0.496. The fraction of sp³-hybridized carbons (Fsp3) is 0.0588. The summed E-state index contributed by atoms with van der Waals surface area (Å²) in [5, 5.41) is 4.00. The minimum absolute atomic E-state index is 0.496. The molecule has 0 fully saturated rings. The molecule has 108 valence electrons. The van der Waals surface area contributed by atoms with E-state index in [1.807, 2.05) is 54.0 Å². The Balaban J connectivity index is 1.47. The van der Waals surface area contributed by atoms with Crippen LogP contribution in [0.5, 0.6) is 5.75 Å². The van der Waals surface area contributed by atoms with Crippen LogP contribution < -0.4 is 4.74 Å². The lowest BCUT2D eigenvalue weighted by Crippen LogP contribution is -1.94. The van der Waals surface area contributed by atoms with Crippen molar-refractivity contribution in [2.75, 3.05) is 0 Å². The normalized spacial score (nSPS) is 10.9. The van der Waals surface area contributed by atoms with E-state index in [1.165, 1.54) is 4.70 Å². The quantitative estimate of drug-likeness (QED) is 0.530. The minimum Gasteiger partial charge on any atom is -0.486 e. The van der Waals surface area contributed by atoms with Crippen LogP contribution in [0.25, 0.3) is 20.8 Å². The van der Waals surface area contributed by atoms with Gasteiger partial charge in [-0.3, -0.25) is 0 Å². The Morgan fingerprint density at radius 2 is 1.86 bits per heavy atom. The number of para-hydroxylation sites is 1. The highest BCUT2D eigenvalue weighted by Gasteiger charge is 2.05. The second-order valence-corrected chi connectivity index (χ2v) is 6.74. The SMILES string of the molecule is c1ccc2sc(COc3ccc(-c4nccs4)cc3)nc2c1. The standard InChI is InChI=1S/C17H12N2OS2/c1-2-4-15-14(3-1)19-16(22-15)11-20-13-7-5-12(6-8-13)17-18-9-10-21-17/h1-10H,11H2. The molecule has 0 amide bonds. The molecule has 0 atom stereocenters. The van der Waals surface area contributed by atoms with Crippen LogP contribution in [-0.2, 0) is 6.61 Å². The average molecular weight is 324 g/mol. The highest BCUT2D eigenvalue weighted by Crippen LogP contribution is 2.26. The van der Waals surface area contributed by atoms with Crippen LogP contribution >= 0.6 is 22.7 Å². The first-order valence-electron chi connectivity index (χ1n) is 6.86. The van der Waals surface area contributed by atoms with Crippen LogP contribution in [0.3, 0.4) is 0 Å². The highest BCUT2D eigenvalue weighted by molar-refractivity contribution is 7.18. The minimum atomic E-state index is 0.496. The zero-order chi connectivity index (χ0) is 14.8. The molecule has 0 unspecified atom stereocenters. The van der Waals surface area contributed by atoms with Crippen LogP contribution in [0.4, 0.5) is 0 Å². The van der Waals surface area contributed by atoms with Gasteiger partial charge in [0.15, 0.2) is 0 Å². The van der Waals surface area contributed by atoms with Gasteiger partial charge < -0.3 is 4.74 Å². The molecule has 3 nitrogen and oxygen atoms in total. The third-order valence-electron chi connectivity index (χ3n) is 3.23. The Bertz CT molecular complexity index is 850. The first-order chi connectivity index (χ1) is 10.9. The third kappa shape index (κ3) is 2.73. The van der Waals surface area contributed by atoms with Gasteiger partial charge in [-0.1, -0.05) is 12.1 Å². The molecular formula is C17H12N2OS2. The van der Waals surface area contributed by atoms with Gasteiger partial charge in [-0.05, 0) is 36.4 Å². The van der Waals surface area contributed by atoms with Crippen molar-refractivity contribution >= 4 is 32.9 Å².